The predicted molar refractivity (Wildman–Crippen MR) is 168 cm³/mol. The lowest BCUT2D eigenvalue weighted by atomic mass is 9.63. The average molecular weight is 527 g/mol. The van der Waals surface area contributed by atoms with Gasteiger partial charge < -0.3 is 4.74 Å². The molecule has 0 saturated heterocycles. The van der Waals surface area contributed by atoms with Crippen LogP contribution in [0, 0.1) is 0 Å². The van der Waals surface area contributed by atoms with E-state index in [1.54, 1.807) is 0 Å². The van der Waals surface area contributed by atoms with Gasteiger partial charge in [0.05, 0.1) is 5.41 Å². The first kappa shape index (κ1) is 24.0. The van der Waals surface area contributed by atoms with Crippen LogP contribution in [0.25, 0.3) is 22.3 Å². The first-order chi connectivity index (χ1) is 20.1. The molecule has 41 heavy (non-hydrogen) atoms. The fourth-order valence-electron chi connectivity index (χ4n) is 7.37. The van der Waals surface area contributed by atoms with Crippen LogP contribution in [-0.2, 0) is 10.8 Å². The Balaban J connectivity index is 1.41. The third kappa shape index (κ3) is 3.30. The Morgan fingerprint density at radius 3 is 1.73 bits per heavy atom. The molecular formula is C40H30O. The lowest BCUT2D eigenvalue weighted by molar-refractivity contribution is 0.435. The molecule has 1 heteroatoms. The van der Waals surface area contributed by atoms with Crippen molar-refractivity contribution in [2.24, 2.45) is 0 Å². The third-order valence-electron chi connectivity index (χ3n) is 9.23. The lowest BCUT2D eigenvalue weighted by Gasteiger charge is -2.41. The standard InChI is InChI=1S/C40H30O/c1-39(2)32-20-10-9-18-31(32)38-30(19-13-22-35(38)39)27-24-25-34-37(26-27)41-36-23-12-11-21-33(36)40(34,28-14-5-3-6-15-28)29-16-7-4-8-17-29/h3-26H,1-2H3. The predicted octanol–water partition coefficient (Wildman–Crippen LogP) is 10.1. The van der Waals surface area contributed by atoms with Crippen LogP contribution in [0.4, 0.5) is 0 Å². The Bertz CT molecular complexity index is 1890. The molecule has 0 atom stereocenters. The number of fused-ring (bicyclic) bond motifs is 5. The van der Waals surface area contributed by atoms with Crippen molar-refractivity contribution in [3.8, 4) is 33.8 Å². The maximum Gasteiger partial charge on any atom is 0.132 e. The van der Waals surface area contributed by atoms with Gasteiger partial charge in [-0.2, -0.15) is 0 Å². The molecule has 0 unspecified atom stereocenters. The van der Waals surface area contributed by atoms with Crippen molar-refractivity contribution in [2.75, 3.05) is 0 Å². The second-order valence-corrected chi connectivity index (χ2v) is 11.7. The van der Waals surface area contributed by atoms with Crippen molar-refractivity contribution in [1.29, 1.82) is 0 Å². The molecule has 196 valence electrons. The van der Waals surface area contributed by atoms with Gasteiger partial charge in [0.25, 0.3) is 0 Å². The number of hydrogen-bond donors (Lipinski definition) is 0. The smallest absolute Gasteiger partial charge is 0.132 e. The second-order valence-electron chi connectivity index (χ2n) is 11.7. The Morgan fingerprint density at radius 1 is 0.439 bits per heavy atom. The summed E-state index contributed by atoms with van der Waals surface area (Å²) in [6, 6.07) is 52.7. The number of hydrogen-bond acceptors (Lipinski definition) is 1. The van der Waals surface area contributed by atoms with Crippen molar-refractivity contribution < 1.29 is 4.74 Å². The molecule has 0 fully saturated rings. The Morgan fingerprint density at radius 2 is 1.00 bits per heavy atom. The van der Waals surface area contributed by atoms with Gasteiger partial charge in [-0.15, -0.1) is 0 Å². The summed E-state index contributed by atoms with van der Waals surface area (Å²) in [7, 11) is 0. The fraction of sp³-hybridized carbons (Fsp3) is 0.100. The highest BCUT2D eigenvalue weighted by molar-refractivity contribution is 5.93. The summed E-state index contributed by atoms with van der Waals surface area (Å²) in [5.74, 6) is 1.80. The summed E-state index contributed by atoms with van der Waals surface area (Å²) in [5.41, 5.74) is 12.1. The van der Waals surface area contributed by atoms with E-state index in [2.05, 4.69) is 159 Å². The van der Waals surface area contributed by atoms with Crippen LogP contribution in [0.5, 0.6) is 11.5 Å². The van der Waals surface area contributed by atoms with Crippen molar-refractivity contribution >= 4 is 0 Å². The van der Waals surface area contributed by atoms with Gasteiger partial charge in [0.1, 0.15) is 11.5 Å². The highest BCUT2D eigenvalue weighted by atomic mass is 16.5. The molecule has 8 rings (SSSR count). The maximum absolute atomic E-state index is 6.77. The molecule has 6 aromatic carbocycles. The highest BCUT2D eigenvalue weighted by Crippen LogP contribution is 2.57. The van der Waals surface area contributed by atoms with E-state index >= 15 is 0 Å². The summed E-state index contributed by atoms with van der Waals surface area (Å²) in [5, 5.41) is 0. The van der Waals surface area contributed by atoms with E-state index in [-0.39, 0.29) is 5.41 Å². The van der Waals surface area contributed by atoms with E-state index in [0.29, 0.717) is 0 Å². The van der Waals surface area contributed by atoms with Crippen LogP contribution in [0.2, 0.25) is 0 Å². The molecule has 1 aliphatic heterocycles. The lowest BCUT2D eigenvalue weighted by Crippen LogP contribution is -2.34. The summed E-state index contributed by atoms with van der Waals surface area (Å²) < 4.78 is 6.77. The normalized spacial score (nSPS) is 15.2. The van der Waals surface area contributed by atoms with Crippen molar-refractivity contribution in [3.63, 3.8) is 0 Å². The van der Waals surface area contributed by atoms with Gasteiger partial charge in [-0.1, -0.05) is 147 Å². The Labute approximate surface area is 241 Å². The molecule has 0 aromatic heterocycles. The number of benzene rings is 6. The Kier molecular flexibility index (Phi) is 5.15. The second kappa shape index (κ2) is 8.81. The van der Waals surface area contributed by atoms with E-state index in [4.69, 9.17) is 4.74 Å². The van der Waals surface area contributed by atoms with Crippen LogP contribution in [-0.4, -0.2) is 0 Å². The minimum Gasteiger partial charge on any atom is -0.457 e. The summed E-state index contributed by atoms with van der Waals surface area (Å²) in [6.45, 7) is 4.67. The summed E-state index contributed by atoms with van der Waals surface area (Å²) in [6.07, 6.45) is 0. The van der Waals surface area contributed by atoms with Crippen LogP contribution >= 0.6 is 0 Å². The summed E-state index contributed by atoms with van der Waals surface area (Å²) in [4.78, 5) is 0. The first-order valence-corrected chi connectivity index (χ1v) is 14.4. The van der Waals surface area contributed by atoms with Crippen LogP contribution < -0.4 is 4.74 Å². The van der Waals surface area contributed by atoms with E-state index in [9.17, 15) is 0 Å². The zero-order valence-electron chi connectivity index (χ0n) is 23.3. The van der Waals surface area contributed by atoms with Gasteiger partial charge in [-0.25, -0.2) is 0 Å². The van der Waals surface area contributed by atoms with Gasteiger partial charge in [0.15, 0.2) is 0 Å². The molecular weight excluding hydrogens is 496 g/mol. The van der Waals surface area contributed by atoms with E-state index < -0.39 is 5.41 Å². The summed E-state index contributed by atoms with van der Waals surface area (Å²) >= 11 is 0. The van der Waals surface area contributed by atoms with E-state index in [0.717, 1.165) is 22.6 Å². The number of para-hydroxylation sites is 1. The zero-order chi connectivity index (χ0) is 27.6. The minimum atomic E-state index is -0.502. The molecule has 2 aliphatic rings. The van der Waals surface area contributed by atoms with Crippen molar-refractivity contribution in [3.05, 3.63) is 179 Å². The highest BCUT2D eigenvalue weighted by Gasteiger charge is 2.45. The SMILES string of the molecule is CC1(C)c2ccccc2-c2c(-c3ccc4c(c3)Oc3ccccc3C4(c3ccccc3)c3ccccc3)cccc21. The van der Waals surface area contributed by atoms with E-state index in [1.165, 1.54) is 44.5 Å². The molecule has 1 nitrogen and oxygen atoms in total. The van der Waals surface area contributed by atoms with Crippen molar-refractivity contribution in [1.82, 2.24) is 0 Å². The van der Waals surface area contributed by atoms with E-state index in [1.807, 2.05) is 0 Å². The average Bonchev–Trinajstić information content (AvgIpc) is 3.27. The monoisotopic (exact) mass is 526 g/mol. The molecule has 1 aliphatic carbocycles. The molecule has 1 heterocycles. The quantitative estimate of drug-likeness (QED) is 0.223. The van der Waals surface area contributed by atoms with Gasteiger partial charge in [0, 0.05) is 16.5 Å². The minimum absolute atomic E-state index is 0.0403. The number of rotatable bonds is 3. The third-order valence-corrected chi connectivity index (χ3v) is 9.23. The molecule has 6 aromatic rings. The van der Waals surface area contributed by atoms with Gasteiger partial charge in [-0.3, -0.25) is 0 Å². The number of ether oxygens (including phenoxy) is 1. The molecule has 0 spiro atoms. The molecule has 0 saturated carbocycles. The molecule has 0 N–H and O–H groups in total. The molecule has 0 amide bonds. The molecule has 0 bridgehead atoms. The van der Waals surface area contributed by atoms with Crippen molar-refractivity contribution in [2.45, 2.75) is 24.7 Å². The first-order valence-electron chi connectivity index (χ1n) is 14.4. The topological polar surface area (TPSA) is 9.23 Å². The largest absolute Gasteiger partial charge is 0.457 e. The maximum atomic E-state index is 6.77. The fourth-order valence-corrected chi connectivity index (χ4v) is 7.37. The van der Waals surface area contributed by atoms with Gasteiger partial charge in [0.2, 0.25) is 0 Å². The zero-order valence-corrected chi connectivity index (χ0v) is 23.3. The van der Waals surface area contributed by atoms with Crippen LogP contribution in [0.15, 0.2) is 146 Å². The Hall–Kier alpha value is -4.88. The van der Waals surface area contributed by atoms with Gasteiger partial charge >= 0.3 is 0 Å². The van der Waals surface area contributed by atoms with Gasteiger partial charge in [-0.05, 0) is 56.6 Å². The van der Waals surface area contributed by atoms with Crippen LogP contribution in [0.1, 0.15) is 47.2 Å². The van der Waals surface area contributed by atoms with Crippen LogP contribution in [0.3, 0.4) is 0 Å². The molecule has 0 radical (unpaired) electrons.